The first-order valence-electron chi connectivity index (χ1n) is 8.87. The number of carbonyl (C=O) groups excluding carboxylic acids is 1. The lowest BCUT2D eigenvalue weighted by molar-refractivity contribution is 0.0651. The van der Waals surface area contributed by atoms with Crippen LogP contribution in [0.5, 0.6) is 0 Å². The van der Waals surface area contributed by atoms with Crippen molar-refractivity contribution in [2.75, 3.05) is 19.7 Å². The molecule has 1 heterocycles. The van der Waals surface area contributed by atoms with Gasteiger partial charge in [0, 0.05) is 25.3 Å². The number of hydrogen-bond acceptors (Lipinski definition) is 3. The van der Waals surface area contributed by atoms with Crippen molar-refractivity contribution in [1.29, 1.82) is 0 Å². The number of carbonyl (C=O) groups is 1. The highest BCUT2D eigenvalue weighted by molar-refractivity contribution is 5.95. The number of rotatable bonds is 4. The van der Waals surface area contributed by atoms with E-state index >= 15 is 0 Å². The summed E-state index contributed by atoms with van der Waals surface area (Å²) in [6, 6.07) is 15.4. The Labute approximate surface area is 148 Å². The van der Waals surface area contributed by atoms with Crippen LogP contribution in [0.2, 0.25) is 0 Å². The van der Waals surface area contributed by atoms with Gasteiger partial charge in [-0.25, -0.2) is 0 Å². The molecule has 3 rings (SSSR count). The van der Waals surface area contributed by atoms with Crippen molar-refractivity contribution in [3.63, 3.8) is 0 Å². The summed E-state index contributed by atoms with van der Waals surface area (Å²) in [6.07, 6.45) is 1.25. The van der Waals surface area contributed by atoms with Crippen molar-refractivity contribution in [1.82, 2.24) is 4.90 Å². The van der Waals surface area contributed by atoms with E-state index in [2.05, 4.69) is 0 Å². The summed E-state index contributed by atoms with van der Waals surface area (Å²) >= 11 is 0. The van der Waals surface area contributed by atoms with Crippen molar-refractivity contribution in [3.05, 3.63) is 59.7 Å². The van der Waals surface area contributed by atoms with Crippen molar-refractivity contribution >= 4 is 5.91 Å². The Morgan fingerprint density at radius 1 is 1.12 bits per heavy atom. The predicted molar refractivity (Wildman–Crippen MR) is 98.2 cm³/mol. The fraction of sp³-hybridized carbons (Fsp3) is 0.381. The summed E-state index contributed by atoms with van der Waals surface area (Å²) in [6.45, 7) is 3.36. The molecule has 0 saturated carbocycles. The van der Waals surface area contributed by atoms with Gasteiger partial charge in [-0.3, -0.25) is 4.79 Å². The smallest absolute Gasteiger partial charge is 0.253 e. The number of nitrogens with zero attached hydrogens (tertiary/aromatic N) is 1. The first kappa shape index (κ1) is 17.6. The van der Waals surface area contributed by atoms with Crippen molar-refractivity contribution in [2.45, 2.75) is 25.9 Å². The molecule has 1 saturated heterocycles. The molecule has 0 radical (unpaired) electrons. The van der Waals surface area contributed by atoms with E-state index in [1.807, 2.05) is 53.4 Å². The molecule has 132 valence electrons. The Balaban J connectivity index is 1.76. The maximum atomic E-state index is 12.8. The van der Waals surface area contributed by atoms with Gasteiger partial charge < -0.3 is 15.1 Å². The van der Waals surface area contributed by atoms with Crippen LogP contribution in [-0.4, -0.2) is 40.7 Å². The zero-order valence-corrected chi connectivity index (χ0v) is 14.6. The third-order valence-corrected chi connectivity index (χ3v) is 5.00. The zero-order valence-electron chi connectivity index (χ0n) is 14.6. The van der Waals surface area contributed by atoms with Gasteiger partial charge in [0.25, 0.3) is 5.91 Å². The van der Waals surface area contributed by atoms with Gasteiger partial charge >= 0.3 is 0 Å². The summed E-state index contributed by atoms with van der Waals surface area (Å²) in [4.78, 5) is 14.6. The lowest BCUT2D eigenvalue weighted by atomic mass is 9.96. The molecule has 2 aromatic carbocycles. The van der Waals surface area contributed by atoms with Gasteiger partial charge in [0.15, 0.2) is 0 Å². The third kappa shape index (κ3) is 4.09. The first-order chi connectivity index (χ1) is 12.1. The van der Waals surface area contributed by atoms with Crippen LogP contribution in [-0.2, 0) is 0 Å². The molecule has 0 aliphatic carbocycles. The molecule has 0 aromatic heterocycles. The monoisotopic (exact) mass is 339 g/mol. The number of piperidine rings is 1. The van der Waals surface area contributed by atoms with Crippen LogP contribution >= 0.6 is 0 Å². The Morgan fingerprint density at radius 2 is 1.80 bits per heavy atom. The molecule has 2 aromatic rings. The minimum atomic E-state index is -0.483. The molecule has 1 aliphatic rings. The standard InChI is InChI=1S/C21H25NO3/c1-15(24)17-5-7-18(8-6-17)19-3-2-4-20(13-19)21(25)22-11-9-16(14-23)10-12-22/h2-8,13,15-16,23-24H,9-12,14H2,1H3/t15-/m0/s1. The number of hydrogen-bond donors (Lipinski definition) is 2. The van der Waals surface area contributed by atoms with Gasteiger partial charge in [0.05, 0.1) is 6.10 Å². The van der Waals surface area contributed by atoms with E-state index in [1.54, 1.807) is 6.92 Å². The summed E-state index contributed by atoms with van der Waals surface area (Å²) < 4.78 is 0. The second-order valence-corrected chi connectivity index (χ2v) is 6.80. The zero-order chi connectivity index (χ0) is 17.8. The van der Waals surface area contributed by atoms with Crippen LogP contribution in [0.1, 0.15) is 41.8 Å². The summed E-state index contributed by atoms with van der Waals surface area (Å²) in [5.41, 5.74) is 3.59. The highest BCUT2D eigenvalue weighted by Gasteiger charge is 2.23. The molecule has 1 atom stereocenters. The second kappa shape index (κ2) is 7.81. The Kier molecular flexibility index (Phi) is 5.51. The molecule has 0 spiro atoms. The number of aliphatic hydroxyl groups excluding tert-OH is 2. The third-order valence-electron chi connectivity index (χ3n) is 5.00. The summed E-state index contributed by atoms with van der Waals surface area (Å²) in [5, 5.41) is 18.8. The van der Waals surface area contributed by atoms with Crippen LogP contribution in [0.4, 0.5) is 0 Å². The van der Waals surface area contributed by atoms with E-state index in [9.17, 15) is 15.0 Å². The summed E-state index contributed by atoms with van der Waals surface area (Å²) in [5.74, 6) is 0.377. The van der Waals surface area contributed by atoms with E-state index in [1.165, 1.54) is 0 Å². The highest BCUT2D eigenvalue weighted by Crippen LogP contribution is 2.24. The van der Waals surface area contributed by atoms with Crippen LogP contribution in [0.25, 0.3) is 11.1 Å². The molecular formula is C21H25NO3. The topological polar surface area (TPSA) is 60.8 Å². The minimum absolute atomic E-state index is 0.0545. The molecule has 0 unspecified atom stereocenters. The van der Waals surface area contributed by atoms with E-state index in [-0.39, 0.29) is 12.5 Å². The first-order valence-corrected chi connectivity index (χ1v) is 8.87. The molecule has 1 fully saturated rings. The van der Waals surface area contributed by atoms with Gasteiger partial charge in [-0.2, -0.15) is 0 Å². The van der Waals surface area contributed by atoms with Crippen LogP contribution in [0, 0.1) is 5.92 Å². The van der Waals surface area contributed by atoms with Crippen LogP contribution in [0.15, 0.2) is 48.5 Å². The predicted octanol–water partition coefficient (Wildman–Crippen LogP) is 3.25. The van der Waals surface area contributed by atoms with E-state index < -0.39 is 6.10 Å². The molecular weight excluding hydrogens is 314 g/mol. The lowest BCUT2D eigenvalue weighted by Gasteiger charge is -2.31. The Bertz CT molecular complexity index is 716. The van der Waals surface area contributed by atoms with Gasteiger partial charge in [-0.1, -0.05) is 36.4 Å². The molecule has 0 bridgehead atoms. The van der Waals surface area contributed by atoms with E-state index in [0.29, 0.717) is 24.6 Å². The molecule has 25 heavy (non-hydrogen) atoms. The van der Waals surface area contributed by atoms with Crippen molar-refractivity contribution < 1.29 is 15.0 Å². The number of aliphatic hydroxyl groups is 2. The number of amides is 1. The average Bonchev–Trinajstić information content (AvgIpc) is 2.67. The maximum absolute atomic E-state index is 12.8. The van der Waals surface area contributed by atoms with E-state index in [0.717, 1.165) is 29.5 Å². The van der Waals surface area contributed by atoms with Gasteiger partial charge in [0.2, 0.25) is 0 Å². The SMILES string of the molecule is C[C@H](O)c1ccc(-c2cccc(C(=O)N3CCC(CO)CC3)c2)cc1. The highest BCUT2D eigenvalue weighted by atomic mass is 16.3. The van der Waals surface area contributed by atoms with Crippen LogP contribution in [0.3, 0.4) is 0 Å². The molecule has 4 nitrogen and oxygen atoms in total. The Morgan fingerprint density at radius 3 is 2.40 bits per heavy atom. The summed E-state index contributed by atoms with van der Waals surface area (Å²) in [7, 11) is 0. The number of benzene rings is 2. The quantitative estimate of drug-likeness (QED) is 0.899. The Hall–Kier alpha value is -2.17. The van der Waals surface area contributed by atoms with Crippen molar-refractivity contribution in [2.24, 2.45) is 5.92 Å². The fourth-order valence-electron chi connectivity index (χ4n) is 3.29. The fourth-order valence-corrected chi connectivity index (χ4v) is 3.29. The molecule has 4 heteroatoms. The van der Waals surface area contributed by atoms with Gasteiger partial charge in [-0.15, -0.1) is 0 Å². The van der Waals surface area contributed by atoms with Crippen LogP contribution < -0.4 is 0 Å². The molecule has 1 amide bonds. The van der Waals surface area contributed by atoms with Crippen molar-refractivity contribution in [3.8, 4) is 11.1 Å². The van der Waals surface area contributed by atoms with Gasteiger partial charge in [-0.05, 0) is 54.5 Å². The number of likely N-dealkylation sites (tertiary alicyclic amines) is 1. The molecule has 2 N–H and O–H groups in total. The second-order valence-electron chi connectivity index (χ2n) is 6.80. The normalized spacial score (nSPS) is 16.7. The largest absolute Gasteiger partial charge is 0.396 e. The molecule has 1 aliphatic heterocycles. The van der Waals surface area contributed by atoms with E-state index in [4.69, 9.17) is 0 Å². The average molecular weight is 339 g/mol. The maximum Gasteiger partial charge on any atom is 0.253 e. The van der Waals surface area contributed by atoms with Gasteiger partial charge in [0.1, 0.15) is 0 Å². The minimum Gasteiger partial charge on any atom is -0.396 e. The lowest BCUT2D eigenvalue weighted by Crippen LogP contribution is -2.39.